The van der Waals surface area contributed by atoms with E-state index < -0.39 is 11.9 Å². The van der Waals surface area contributed by atoms with E-state index in [2.05, 4.69) is 0 Å². The molecule has 0 spiro atoms. The third-order valence-corrected chi connectivity index (χ3v) is 3.54. The summed E-state index contributed by atoms with van der Waals surface area (Å²) in [6, 6.07) is 12.1. The molecule has 1 N–H and O–H groups in total. The van der Waals surface area contributed by atoms with Crippen LogP contribution in [0.3, 0.4) is 0 Å². The fraction of sp³-hybridized carbons (Fsp3) is 0.250. The van der Waals surface area contributed by atoms with Gasteiger partial charge < -0.3 is 9.84 Å². The topological polar surface area (TPSA) is 29.5 Å². The Morgan fingerprint density at radius 1 is 1.15 bits per heavy atom. The van der Waals surface area contributed by atoms with Crippen molar-refractivity contribution in [2.24, 2.45) is 0 Å². The Morgan fingerprint density at radius 3 is 2.50 bits per heavy atom. The molecule has 0 saturated heterocycles. The zero-order valence-electron chi connectivity index (χ0n) is 11.1. The Hall–Kier alpha value is -1.58. The van der Waals surface area contributed by atoms with Gasteiger partial charge in [-0.15, -0.1) is 0 Å². The van der Waals surface area contributed by atoms with Crippen molar-refractivity contribution in [3.05, 3.63) is 64.4 Å². The minimum absolute atomic E-state index is 0.0845. The Kier molecular flexibility index (Phi) is 4.99. The zero-order valence-corrected chi connectivity index (χ0v) is 11.9. The van der Waals surface area contributed by atoms with Gasteiger partial charge in [0.15, 0.2) is 0 Å². The maximum atomic E-state index is 13.3. The summed E-state index contributed by atoms with van der Waals surface area (Å²) in [5.41, 5.74) is 1.61. The minimum Gasteiger partial charge on any atom is -0.497 e. The number of aliphatic hydroxyl groups excluding tert-OH is 1. The quantitative estimate of drug-likeness (QED) is 0.912. The normalized spacial score (nSPS) is 12.2. The molecule has 0 bridgehead atoms. The van der Waals surface area contributed by atoms with Gasteiger partial charge in [0.25, 0.3) is 0 Å². The fourth-order valence-corrected chi connectivity index (χ4v) is 2.27. The van der Waals surface area contributed by atoms with Gasteiger partial charge >= 0.3 is 0 Å². The van der Waals surface area contributed by atoms with Gasteiger partial charge in [0.05, 0.1) is 18.2 Å². The standard InChI is InChI=1S/C16H16ClFO2/c1-20-14-7-5-11(6-8-14)9-13(19)10-12-3-2-4-15(18)16(12)17/h2-8,13,19H,9-10H2,1H3. The highest BCUT2D eigenvalue weighted by atomic mass is 35.5. The Morgan fingerprint density at radius 2 is 1.85 bits per heavy atom. The second-order valence-corrected chi connectivity index (χ2v) is 5.00. The molecule has 0 saturated carbocycles. The lowest BCUT2D eigenvalue weighted by atomic mass is 10.0. The average Bonchev–Trinajstić information content (AvgIpc) is 2.45. The van der Waals surface area contributed by atoms with Crippen molar-refractivity contribution in [3.63, 3.8) is 0 Å². The molecular formula is C16H16ClFO2. The lowest BCUT2D eigenvalue weighted by Crippen LogP contribution is -2.14. The first-order chi connectivity index (χ1) is 9.60. The highest BCUT2D eigenvalue weighted by molar-refractivity contribution is 6.31. The van der Waals surface area contributed by atoms with E-state index in [9.17, 15) is 9.50 Å². The largest absolute Gasteiger partial charge is 0.497 e. The van der Waals surface area contributed by atoms with Crippen molar-refractivity contribution in [3.8, 4) is 5.75 Å². The van der Waals surface area contributed by atoms with Gasteiger partial charge in [-0.05, 0) is 35.7 Å². The average molecular weight is 295 g/mol. The second-order valence-electron chi connectivity index (χ2n) is 4.62. The van der Waals surface area contributed by atoms with Gasteiger partial charge in [-0.1, -0.05) is 35.9 Å². The predicted molar refractivity (Wildman–Crippen MR) is 77.8 cm³/mol. The van der Waals surface area contributed by atoms with Crippen LogP contribution >= 0.6 is 11.6 Å². The molecule has 2 aromatic rings. The fourth-order valence-electron chi connectivity index (χ4n) is 2.07. The van der Waals surface area contributed by atoms with Crippen LogP contribution in [0.15, 0.2) is 42.5 Å². The van der Waals surface area contributed by atoms with Crippen molar-refractivity contribution in [2.45, 2.75) is 18.9 Å². The van der Waals surface area contributed by atoms with Crippen LogP contribution in [-0.2, 0) is 12.8 Å². The zero-order chi connectivity index (χ0) is 14.5. The summed E-state index contributed by atoms with van der Waals surface area (Å²) in [6.45, 7) is 0. The summed E-state index contributed by atoms with van der Waals surface area (Å²) in [5.74, 6) is 0.317. The first kappa shape index (κ1) is 14.8. The molecule has 0 heterocycles. The maximum Gasteiger partial charge on any atom is 0.142 e. The number of ether oxygens (including phenoxy) is 1. The third kappa shape index (κ3) is 3.71. The molecule has 2 rings (SSSR count). The molecule has 0 aliphatic heterocycles. The molecule has 0 aromatic heterocycles. The second kappa shape index (κ2) is 6.73. The van der Waals surface area contributed by atoms with E-state index in [1.807, 2.05) is 24.3 Å². The van der Waals surface area contributed by atoms with Crippen LogP contribution in [-0.4, -0.2) is 18.3 Å². The van der Waals surface area contributed by atoms with Crippen LogP contribution < -0.4 is 4.74 Å². The summed E-state index contributed by atoms with van der Waals surface area (Å²) in [7, 11) is 1.61. The summed E-state index contributed by atoms with van der Waals surface area (Å²) in [6.07, 6.45) is 0.196. The van der Waals surface area contributed by atoms with E-state index in [0.29, 0.717) is 18.4 Å². The number of halogens is 2. The molecule has 1 unspecified atom stereocenters. The molecule has 2 nitrogen and oxygen atoms in total. The van der Waals surface area contributed by atoms with Gasteiger partial charge in [-0.3, -0.25) is 0 Å². The van der Waals surface area contributed by atoms with Crippen LogP contribution in [0.25, 0.3) is 0 Å². The van der Waals surface area contributed by atoms with E-state index in [1.165, 1.54) is 6.07 Å². The summed E-state index contributed by atoms with van der Waals surface area (Å²) < 4.78 is 18.4. The van der Waals surface area contributed by atoms with Crippen molar-refractivity contribution >= 4 is 11.6 Å². The van der Waals surface area contributed by atoms with Crippen LogP contribution in [0.5, 0.6) is 5.75 Å². The molecule has 106 valence electrons. The molecular weight excluding hydrogens is 279 g/mol. The monoisotopic (exact) mass is 294 g/mol. The molecule has 0 aliphatic rings. The molecule has 2 aromatic carbocycles. The van der Waals surface area contributed by atoms with Crippen LogP contribution in [0, 0.1) is 5.82 Å². The van der Waals surface area contributed by atoms with E-state index in [-0.39, 0.29) is 5.02 Å². The van der Waals surface area contributed by atoms with Gasteiger partial charge in [-0.2, -0.15) is 0 Å². The number of hydrogen-bond donors (Lipinski definition) is 1. The molecule has 0 fully saturated rings. The number of hydrogen-bond acceptors (Lipinski definition) is 2. The Balaban J connectivity index is 2.01. The van der Waals surface area contributed by atoms with E-state index in [1.54, 1.807) is 19.2 Å². The predicted octanol–water partition coefficient (Wildman–Crippen LogP) is 3.63. The van der Waals surface area contributed by atoms with Gasteiger partial charge in [0.1, 0.15) is 11.6 Å². The third-order valence-electron chi connectivity index (χ3n) is 3.12. The van der Waals surface area contributed by atoms with E-state index in [0.717, 1.165) is 11.3 Å². The van der Waals surface area contributed by atoms with Crippen molar-refractivity contribution in [1.29, 1.82) is 0 Å². The molecule has 0 radical (unpaired) electrons. The Bertz CT molecular complexity index is 569. The first-order valence-corrected chi connectivity index (χ1v) is 6.72. The maximum absolute atomic E-state index is 13.3. The number of aliphatic hydroxyl groups is 1. The van der Waals surface area contributed by atoms with Crippen LogP contribution in [0.1, 0.15) is 11.1 Å². The number of rotatable bonds is 5. The van der Waals surface area contributed by atoms with Crippen molar-refractivity contribution in [1.82, 2.24) is 0 Å². The van der Waals surface area contributed by atoms with Crippen LogP contribution in [0.2, 0.25) is 5.02 Å². The molecule has 0 amide bonds. The van der Waals surface area contributed by atoms with E-state index >= 15 is 0 Å². The highest BCUT2D eigenvalue weighted by Crippen LogP contribution is 2.22. The SMILES string of the molecule is COc1ccc(CC(O)Cc2cccc(F)c2Cl)cc1. The van der Waals surface area contributed by atoms with Gasteiger partial charge in [0.2, 0.25) is 0 Å². The van der Waals surface area contributed by atoms with E-state index in [4.69, 9.17) is 16.3 Å². The van der Waals surface area contributed by atoms with Crippen molar-refractivity contribution < 1.29 is 14.2 Å². The molecule has 0 aliphatic carbocycles. The number of methoxy groups -OCH3 is 1. The summed E-state index contributed by atoms with van der Waals surface area (Å²) in [5, 5.41) is 10.2. The first-order valence-electron chi connectivity index (χ1n) is 6.34. The summed E-state index contributed by atoms with van der Waals surface area (Å²) >= 11 is 5.88. The Labute approximate surface area is 122 Å². The minimum atomic E-state index is -0.609. The lowest BCUT2D eigenvalue weighted by molar-refractivity contribution is 0.175. The van der Waals surface area contributed by atoms with Gasteiger partial charge in [0, 0.05) is 6.42 Å². The molecule has 1 atom stereocenters. The molecule has 20 heavy (non-hydrogen) atoms. The highest BCUT2D eigenvalue weighted by Gasteiger charge is 2.12. The van der Waals surface area contributed by atoms with Crippen LogP contribution in [0.4, 0.5) is 4.39 Å². The number of benzene rings is 2. The lowest BCUT2D eigenvalue weighted by Gasteiger charge is -2.12. The molecule has 4 heteroatoms. The van der Waals surface area contributed by atoms with Crippen molar-refractivity contribution in [2.75, 3.05) is 7.11 Å². The smallest absolute Gasteiger partial charge is 0.142 e. The summed E-state index contributed by atoms with van der Waals surface area (Å²) in [4.78, 5) is 0. The van der Waals surface area contributed by atoms with Gasteiger partial charge in [-0.25, -0.2) is 4.39 Å².